The van der Waals surface area contributed by atoms with Crippen LogP contribution in [0.2, 0.25) is 0 Å². The molecule has 0 aromatic rings. The second-order valence-electron chi connectivity index (χ2n) is 2.71. The van der Waals surface area contributed by atoms with E-state index in [1.165, 1.54) is 0 Å². The van der Waals surface area contributed by atoms with E-state index in [2.05, 4.69) is 24.7 Å². The lowest BCUT2D eigenvalue weighted by Gasteiger charge is -2.53. The molecule has 4 rings (SSSR count). The molecule has 80 valence electrons. The Morgan fingerprint density at radius 2 is 0.571 bits per heavy atom. The Labute approximate surface area is 80.7 Å². The van der Waals surface area contributed by atoms with Gasteiger partial charge in [-0.25, -0.2) is 0 Å². The third-order valence-corrected chi connectivity index (χ3v) is 13.9. The fourth-order valence-corrected chi connectivity index (χ4v) is 15.6. The summed E-state index contributed by atoms with van der Waals surface area (Å²) in [6.07, 6.45) is 0. The Balaban J connectivity index is 2.08. The molecule has 0 amide bonds. The van der Waals surface area contributed by atoms with Gasteiger partial charge in [-0.05, 0) is 0 Å². The summed E-state index contributed by atoms with van der Waals surface area (Å²) >= 11 is 0. The van der Waals surface area contributed by atoms with Gasteiger partial charge in [0.05, 0.1) is 0 Å². The van der Waals surface area contributed by atoms with E-state index < -0.39 is 36.2 Å². The lowest BCUT2D eigenvalue weighted by atomic mass is 15.5. The van der Waals surface area contributed by atoms with Crippen LogP contribution in [0.1, 0.15) is 0 Å². The van der Waals surface area contributed by atoms with Gasteiger partial charge in [-0.3, -0.25) is 0 Å². The molecule has 0 aromatic carbocycles. The minimum Gasteiger partial charge on any atom is -0.369 e. The zero-order chi connectivity index (χ0) is 10.2. The summed E-state index contributed by atoms with van der Waals surface area (Å²) in [7, 11) is -17.0. The van der Waals surface area contributed by atoms with Gasteiger partial charge in [0, 0.05) is 0 Å². The van der Waals surface area contributed by atoms with Crippen LogP contribution in [0.15, 0.2) is 0 Å². The summed E-state index contributed by atoms with van der Waals surface area (Å²) in [5.41, 5.74) is 0. The summed E-state index contributed by atoms with van der Waals surface area (Å²) in [5, 5.41) is 0. The Morgan fingerprint density at radius 3 is 0.714 bits per heavy atom. The molecule has 4 bridgehead atoms. The van der Waals surface area contributed by atoms with Crippen molar-refractivity contribution in [3.05, 3.63) is 0 Å². The average molecular weight is 276 g/mol. The van der Waals surface area contributed by atoms with Crippen molar-refractivity contribution in [1.29, 1.82) is 0 Å². The normalized spacial score (nSPS) is 66.0. The van der Waals surface area contributed by atoms with E-state index in [9.17, 15) is 19.2 Å². The van der Waals surface area contributed by atoms with Gasteiger partial charge >= 0.3 is 36.2 Å². The smallest absolute Gasteiger partial charge is 0.369 e. The second-order valence-corrected chi connectivity index (χ2v) is 11.8. The van der Waals surface area contributed by atoms with Gasteiger partial charge in [0.25, 0.3) is 0 Å². The molecule has 0 atom stereocenters. The van der Waals surface area contributed by atoms with Crippen molar-refractivity contribution in [3.63, 3.8) is 0 Å². The molecule has 4 aliphatic heterocycles. The van der Waals surface area contributed by atoms with E-state index >= 15 is 0 Å². The molecule has 4 heterocycles. The highest BCUT2D eigenvalue weighted by Gasteiger charge is 2.86. The van der Waals surface area contributed by atoms with Gasteiger partial charge in [-0.1, -0.05) is 0 Å². The summed E-state index contributed by atoms with van der Waals surface area (Å²) in [6, 6.07) is 0. The highest BCUT2D eigenvalue weighted by atomic mass is 28.6. The van der Waals surface area contributed by atoms with Crippen LogP contribution in [-0.2, 0) is 24.7 Å². The molecular weight excluding hydrogens is 272 g/mol. The van der Waals surface area contributed by atoms with Crippen molar-refractivity contribution < 1.29 is 43.9 Å². The molecule has 0 unspecified atom stereocenters. The van der Waals surface area contributed by atoms with Gasteiger partial charge in [-0.2, -0.15) is 0 Å². The van der Waals surface area contributed by atoms with E-state index in [0.29, 0.717) is 0 Å². The number of hydrogen-bond acceptors (Lipinski definition) is 10. The topological polar surface area (TPSA) is 136 Å². The largest absolute Gasteiger partial charge is 0.659 e. The van der Waals surface area contributed by atoms with E-state index in [4.69, 9.17) is 0 Å². The van der Waals surface area contributed by atoms with Crippen molar-refractivity contribution in [2.45, 2.75) is 0 Å². The zero-order valence-corrected chi connectivity index (χ0v) is 10.2. The Morgan fingerprint density at radius 1 is 0.429 bits per heavy atom. The van der Waals surface area contributed by atoms with Crippen molar-refractivity contribution in [3.8, 4) is 0 Å². The molecule has 0 spiro atoms. The van der Waals surface area contributed by atoms with Crippen LogP contribution in [0.5, 0.6) is 0 Å². The maximum absolute atomic E-state index is 9.45. The molecule has 0 radical (unpaired) electrons. The first-order valence-electron chi connectivity index (χ1n) is 3.34. The van der Waals surface area contributed by atoms with E-state index in [-0.39, 0.29) is 0 Å². The van der Waals surface area contributed by atoms with Crippen molar-refractivity contribution in [1.82, 2.24) is 0 Å². The molecule has 0 saturated carbocycles. The quantitative estimate of drug-likeness (QED) is 0.323. The highest BCUT2D eigenvalue weighted by molar-refractivity contribution is 6.95. The van der Waals surface area contributed by atoms with Gasteiger partial charge in [0.2, 0.25) is 0 Å². The molecule has 0 aromatic heterocycles. The van der Waals surface area contributed by atoms with E-state index in [1.807, 2.05) is 0 Å². The zero-order valence-electron chi connectivity index (χ0n) is 6.24. The molecule has 14 heavy (non-hydrogen) atoms. The summed E-state index contributed by atoms with van der Waals surface area (Å²) in [5.74, 6) is 0. The van der Waals surface area contributed by atoms with Crippen LogP contribution in [0.25, 0.3) is 0 Å². The van der Waals surface area contributed by atoms with Crippen LogP contribution < -0.4 is 0 Å². The van der Waals surface area contributed by atoms with Crippen molar-refractivity contribution in [2.24, 2.45) is 0 Å². The van der Waals surface area contributed by atoms with Crippen LogP contribution in [0, 0.1) is 0 Å². The Kier molecular flexibility index (Phi) is 1.56. The second kappa shape index (κ2) is 2.26. The van der Waals surface area contributed by atoms with Gasteiger partial charge in [0.15, 0.2) is 0 Å². The fourth-order valence-electron chi connectivity index (χ4n) is 1.23. The van der Waals surface area contributed by atoms with Crippen LogP contribution in [-0.4, -0.2) is 55.4 Å². The molecule has 4 saturated heterocycles. The summed E-state index contributed by atoms with van der Waals surface area (Å²) in [6.45, 7) is 0. The molecule has 14 heteroatoms. The van der Waals surface area contributed by atoms with Gasteiger partial charge < -0.3 is 43.9 Å². The summed E-state index contributed by atoms with van der Waals surface area (Å²) in [4.78, 5) is 37.8. The lowest BCUT2D eigenvalue weighted by molar-refractivity contribution is -0.142. The average Bonchev–Trinajstić information content (AvgIpc) is 1.67. The standard InChI is InChI=1S/H4O10Si4/c1-11-5-12(2)8-13(3,6-11)10-14(4,7-11)9-12/h1-4H. The first kappa shape index (κ1) is 9.68. The van der Waals surface area contributed by atoms with Crippen LogP contribution in [0.4, 0.5) is 0 Å². The van der Waals surface area contributed by atoms with E-state index in [1.54, 1.807) is 0 Å². The third kappa shape index (κ3) is 1.23. The van der Waals surface area contributed by atoms with E-state index in [0.717, 1.165) is 0 Å². The summed E-state index contributed by atoms with van der Waals surface area (Å²) < 4.78 is 27.0. The molecular formula is H4O10Si4. The molecule has 4 fully saturated rings. The first-order chi connectivity index (χ1) is 6.24. The maximum Gasteiger partial charge on any atom is 0.659 e. The maximum atomic E-state index is 9.45. The van der Waals surface area contributed by atoms with Crippen molar-refractivity contribution in [2.75, 3.05) is 0 Å². The molecule has 4 aliphatic rings. The van der Waals surface area contributed by atoms with Gasteiger partial charge in [-0.15, -0.1) is 0 Å². The van der Waals surface area contributed by atoms with Gasteiger partial charge in [0.1, 0.15) is 0 Å². The molecule has 0 aliphatic carbocycles. The molecule has 4 N–H and O–H groups in total. The first-order valence-corrected chi connectivity index (χ1v) is 10.0. The van der Waals surface area contributed by atoms with Crippen LogP contribution in [0.3, 0.4) is 0 Å². The predicted molar refractivity (Wildman–Crippen MR) is 38.4 cm³/mol. The van der Waals surface area contributed by atoms with Crippen LogP contribution >= 0.6 is 0 Å². The number of rotatable bonds is 0. The minimum atomic E-state index is -4.26. The minimum absolute atomic E-state index is 4.26. The number of hydrogen-bond donors (Lipinski definition) is 4. The SMILES string of the molecule is O[Si]12O[Si]3(O)O[Si](O)(O1)O[Si](O)(O2)O3. The fraction of sp³-hybridized carbons (Fsp3) is 0. The highest BCUT2D eigenvalue weighted by Crippen LogP contribution is 2.42. The van der Waals surface area contributed by atoms with Crippen molar-refractivity contribution >= 4 is 36.2 Å². The predicted octanol–water partition coefficient (Wildman–Crippen LogP) is -4.16. The third-order valence-electron chi connectivity index (χ3n) is 1.55. The Hall–Kier alpha value is 0.468. The monoisotopic (exact) mass is 276 g/mol. The molecule has 10 nitrogen and oxygen atoms in total. The lowest BCUT2D eigenvalue weighted by Crippen LogP contribution is -2.89. The Bertz CT molecular complexity index is 205.